The molecule has 2 heterocycles. The van der Waals surface area contributed by atoms with Crippen LogP contribution < -0.4 is 0 Å². The first kappa shape index (κ1) is 21.8. The summed E-state index contributed by atoms with van der Waals surface area (Å²) in [5.74, 6) is 0.485. The summed E-state index contributed by atoms with van der Waals surface area (Å²) in [4.78, 5) is 9.64. The molecule has 4 aromatic carbocycles. The lowest BCUT2D eigenvalue weighted by atomic mass is 9.70. The van der Waals surface area contributed by atoms with Crippen LogP contribution in [-0.2, 0) is 5.41 Å². The van der Waals surface area contributed by atoms with Crippen molar-refractivity contribution in [1.82, 2.24) is 9.97 Å². The molecule has 0 unspecified atom stereocenters. The second-order valence-electron chi connectivity index (χ2n) is 10.2. The SMILES string of the molecule is Oc1cccc(-c2ccc3c(c2)C2(c4cc(-c5cccc(O)c5)ccc4-3)c3cccnc3-c3ncccc32)c1. The van der Waals surface area contributed by atoms with Gasteiger partial charge in [-0.15, -0.1) is 0 Å². The quantitative estimate of drug-likeness (QED) is 0.256. The average Bonchev–Trinajstić information content (AvgIpc) is 3.44. The van der Waals surface area contributed by atoms with Gasteiger partial charge in [0.25, 0.3) is 0 Å². The molecular weight excluding hydrogens is 480 g/mol. The van der Waals surface area contributed by atoms with Gasteiger partial charge < -0.3 is 10.2 Å². The van der Waals surface area contributed by atoms with Crippen molar-refractivity contribution in [3.05, 3.63) is 144 Å². The Labute approximate surface area is 225 Å². The van der Waals surface area contributed by atoms with E-state index in [1.54, 1.807) is 24.3 Å². The van der Waals surface area contributed by atoms with Gasteiger partial charge in [-0.3, -0.25) is 9.97 Å². The number of hydrogen-bond acceptors (Lipinski definition) is 4. The van der Waals surface area contributed by atoms with Gasteiger partial charge in [0.15, 0.2) is 0 Å². The van der Waals surface area contributed by atoms with E-state index in [1.165, 1.54) is 22.3 Å². The molecular formula is C35H22N2O2. The van der Waals surface area contributed by atoms with Crippen LogP contribution in [0.2, 0.25) is 0 Å². The highest BCUT2D eigenvalue weighted by Gasteiger charge is 2.53. The normalized spacial score (nSPS) is 13.5. The number of rotatable bonds is 2. The van der Waals surface area contributed by atoms with E-state index in [0.29, 0.717) is 0 Å². The van der Waals surface area contributed by atoms with Crippen LogP contribution >= 0.6 is 0 Å². The molecule has 0 saturated carbocycles. The maximum Gasteiger partial charge on any atom is 0.116 e. The minimum atomic E-state index is -0.600. The predicted octanol–water partition coefficient (Wildman–Crippen LogP) is 7.57. The summed E-state index contributed by atoms with van der Waals surface area (Å²) >= 11 is 0. The van der Waals surface area contributed by atoms with E-state index in [2.05, 4.69) is 48.5 Å². The van der Waals surface area contributed by atoms with Crippen molar-refractivity contribution >= 4 is 0 Å². The highest BCUT2D eigenvalue weighted by Crippen LogP contribution is 2.62. The molecule has 2 aromatic heterocycles. The molecule has 0 radical (unpaired) electrons. The van der Waals surface area contributed by atoms with E-state index < -0.39 is 5.41 Å². The highest BCUT2D eigenvalue weighted by atomic mass is 16.3. The van der Waals surface area contributed by atoms with Crippen LogP contribution in [0.25, 0.3) is 44.8 Å². The fourth-order valence-corrected chi connectivity index (χ4v) is 6.57. The molecule has 0 aliphatic heterocycles. The van der Waals surface area contributed by atoms with Crippen molar-refractivity contribution in [2.75, 3.05) is 0 Å². The van der Waals surface area contributed by atoms with E-state index in [0.717, 1.165) is 44.8 Å². The number of pyridine rings is 2. The number of phenols is 2. The number of hydrogen-bond donors (Lipinski definition) is 2. The molecule has 0 bridgehead atoms. The van der Waals surface area contributed by atoms with Crippen molar-refractivity contribution < 1.29 is 10.2 Å². The van der Waals surface area contributed by atoms with Crippen molar-refractivity contribution in [1.29, 1.82) is 0 Å². The van der Waals surface area contributed by atoms with Gasteiger partial charge in [-0.1, -0.05) is 60.7 Å². The minimum Gasteiger partial charge on any atom is -0.508 e. The molecule has 0 amide bonds. The first-order chi connectivity index (χ1) is 19.1. The zero-order chi connectivity index (χ0) is 26.1. The molecule has 0 atom stereocenters. The second-order valence-corrected chi connectivity index (χ2v) is 10.2. The summed E-state index contributed by atoms with van der Waals surface area (Å²) in [7, 11) is 0. The smallest absolute Gasteiger partial charge is 0.116 e. The zero-order valence-corrected chi connectivity index (χ0v) is 20.8. The maximum atomic E-state index is 10.2. The van der Waals surface area contributed by atoms with Gasteiger partial charge in [-0.05, 0) is 104 Å². The molecule has 8 rings (SSSR count). The number of nitrogens with zero attached hydrogens (tertiary/aromatic N) is 2. The number of benzene rings is 4. The fourth-order valence-electron chi connectivity index (χ4n) is 6.57. The Morgan fingerprint density at radius 3 is 1.36 bits per heavy atom. The van der Waals surface area contributed by atoms with E-state index in [4.69, 9.17) is 9.97 Å². The third-order valence-corrected chi connectivity index (χ3v) is 8.14. The van der Waals surface area contributed by atoms with Gasteiger partial charge in [-0.25, -0.2) is 0 Å². The number of fused-ring (bicyclic) bond motifs is 10. The van der Waals surface area contributed by atoms with Crippen LogP contribution in [0.5, 0.6) is 11.5 Å². The summed E-state index contributed by atoms with van der Waals surface area (Å²) < 4.78 is 0. The van der Waals surface area contributed by atoms with E-state index in [-0.39, 0.29) is 11.5 Å². The van der Waals surface area contributed by atoms with Crippen molar-refractivity contribution in [3.63, 3.8) is 0 Å². The van der Waals surface area contributed by atoms with Crippen molar-refractivity contribution in [2.24, 2.45) is 0 Å². The Morgan fingerprint density at radius 1 is 0.436 bits per heavy atom. The molecule has 2 aliphatic carbocycles. The Balaban J connectivity index is 1.48. The highest BCUT2D eigenvalue weighted by molar-refractivity contribution is 5.95. The topological polar surface area (TPSA) is 66.2 Å². The number of aromatic nitrogens is 2. The van der Waals surface area contributed by atoms with E-state index >= 15 is 0 Å². The molecule has 39 heavy (non-hydrogen) atoms. The van der Waals surface area contributed by atoms with Crippen LogP contribution in [0.15, 0.2) is 122 Å². The Hall–Kier alpha value is -5.22. The minimum absolute atomic E-state index is 0.242. The lowest BCUT2D eigenvalue weighted by Gasteiger charge is -2.30. The van der Waals surface area contributed by atoms with Crippen molar-refractivity contribution in [3.8, 4) is 56.3 Å². The summed E-state index contributed by atoms with van der Waals surface area (Å²) in [5.41, 5.74) is 12.1. The molecule has 1 spiro atoms. The Bertz CT molecular complexity index is 1820. The number of phenolic OH excluding ortho intramolecular Hbond substituents is 2. The monoisotopic (exact) mass is 502 g/mol. The predicted molar refractivity (Wildman–Crippen MR) is 153 cm³/mol. The van der Waals surface area contributed by atoms with Crippen LogP contribution in [0, 0.1) is 0 Å². The first-order valence-corrected chi connectivity index (χ1v) is 12.9. The standard InChI is InChI=1S/C35H22N2O2/c38-25-7-1-5-21(17-25)23-11-13-27-28-14-12-24(22-6-2-8-26(39)18-22)20-32(28)35(31(27)19-23)29-9-3-15-36-33(29)34-30(35)10-4-16-37-34/h1-20,38-39H. The molecule has 4 heteroatoms. The van der Waals surface area contributed by atoms with E-state index in [9.17, 15) is 10.2 Å². The lowest BCUT2D eigenvalue weighted by Crippen LogP contribution is -2.26. The first-order valence-electron chi connectivity index (χ1n) is 12.9. The third kappa shape index (κ3) is 2.94. The lowest BCUT2D eigenvalue weighted by molar-refractivity contribution is 0.475. The Kier molecular flexibility index (Phi) is 4.42. The molecule has 184 valence electrons. The van der Waals surface area contributed by atoms with Gasteiger partial charge in [0.2, 0.25) is 0 Å². The molecule has 0 fully saturated rings. The van der Waals surface area contributed by atoms with Gasteiger partial charge >= 0.3 is 0 Å². The largest absolute Gasteiger partial charge is 0.508 e. The van der Waals surface area contributed by atoms with Crippen LogP contribution in [0.4, 0.5) is 0 Å². The number of aromatic hydroxyl groups is 2. The van der Waals surface area contributed by atoms with Crippen LogP contribution in [0.1, 0.15) is 22.3 Å². The van der Waals surface area contributed by atoms with Crippen molar-refractivity contribution in [2.45, 2.75) is 5.41 Å². The van der Waals surface area contributed by atoms with Crippen LogP contribution in [-0.4, -0.2) is 20.2 Å². The second kappa shape index (κ2) is 7.89. The molecule has 6 aromatic rings. The molecule has 2 aliphatic rings. The van der Waals surface area contributed by atoms with Gasteiger partial charge in [-0.2, -0.15) is 0 Å². The van der Waals surface area contributed by atoms with Gasteiger partial charge in [0.05, 0.1) is 16.8 Å². The van der Waals surface area contributed by atoms with E-state index in [1.807, 2.05) is 48.8 Å². The molecule has 4 nitrogen and oxygen atoms in total. The Morgan fingerprint density at radius 2 is 0.897 bits per heavy atom. The fraction of sp³-hybridized carbons (Fsp3) is 0.0286. The maximum absolute atomic E-state index is 10.2. The summed E-state index contributed by atoms with van der Waals surface area (Å²) in [6, 6.07) is 36.3. The summed E-state index contributed by atoms with van der Waals surface area (Å²) in [5, 5.41) is 20.4. The summed E-state index contributed by atoms with van der Waals surface area (Å²) in [6.45, 7) is 0. The third-order valence-electron chi connectivity index (χ3n) is 8.14. The zero-order valence-electron chi connectivity index (χ0n) is 20.8. The van der Waals surface area contributed by atoms with Gasteiger partial charge in [0.1, 0.15) is 11.5 Å². The molecule has 0 saturated heterocycles. The van der Waals surface area contributed by atoms with Crippen LogP contribution in [0.3, 0.4) is 0 Å². The van der Waals surface area contributed by atoms with Gasteiger partial charge in [0, 0.05) is 12.4 Å². The summed E-state index contributed by atoms with van der Waals surface area (Å²) in [6.07, 6.45) is 3.67. The average molecular weight is 503 g/mol. The molecule has 2 N–H and O–H groups in total.